The van der Waals surface area contributed by atoms with Crippen LogP contribution in [0.15, 0.2) is 42.7 Å². The number of hydrogen-bond acceptors (Lipinski definition) is 5. The van der Waals surface area contributed by atoms with Gasteiger partial charge in [-0.25, -0.2) is 9.36 Å². The standard InChI is InChI=1S/C18H19N5O3S/c1-2-5-16-20-22(18(27)23(16)21-8-3-4-9-21)11-17(24)19-13-6-7-14-15(10-13)26-12-25-14/h3-4,6-10H,2,5,11-12H2,1H3,(H,19,24). The first-order valence-corrected chi connectivity index (χ1v) is 9.08. The number of aromatic nitrogens is 4. The van der Waals surface area contributed by atoms with Crippen LogP contribution in [0.25, 0.3) is 0 Å². The summed E-state index contributed by atoms with van der Waals surface area (Å²) in [6.07, 6.45) is 5.48. The average molecular weight is 385 g/mol. The Morgan fingerprint density at radius 3 is 2.81 bits per heavy atom. The van der Waals surface area contributed by atoms with Crippen LogP contribution in [0.4, 0.5) is 5.69 Å². The van der Waals surface area contributed by atoms with Crippen molar-refractivity contribution >= 4 is 23.8 Å². The molecule has 8 nitrogen and oxygen atoms in total. The Labute approximate surface area is 160 Å². The minimum absolute atomic E-state index is 0.0260. The molecule has 0 saturated carbocycles. The van der Waals surface area contributed by atoms with Crippen LogP contribution in [-0.4, -0.2) is 31.8 Å². The normalized spacial score (nSPS) is 12.3. The topological polar surface area (TPSA) is 75.2 Å². The molecule has 1 amide bonds. The number of carbonyl (C=O) groups is 1. The lowest BCUT2D eigenvalue weighted by atomic mass is 10.3. The fraction of sp³-hybridized carbons (Fsp3) is 0.278. The van der Waals surface area contributed by atoms with Gasteiger partial charge < -0.3 is 14.8 Å². The molecule has 4 rings (SSSR count). The Morgan fingerprint density at radius 1 is 1.26 bits per heavy atom. The van der Waals surface area contributed by atoms with Crippen LogP contribution in [0.3, 0.4) is 0 Å². The Hall–Kier alpha value is -3.07. The summed E-state index contributed by atoms with van der Waals surface area (Å²) in [4.78, 5) is 12.5. The molecule has 9 heteroatoms. The molecule has 0 atom stereocenters. The molecule has 140 valence electrons. The fourth-order valence-corrected chi connectivity index (χ4v) is 3.23. The van der Waals surface area contributed by atoms with Gasteiger partial charge in [0, 0.05) is 30.6 Å². The summed E-state index contributed by atoms with van der Waals surface area (Å²) >= 11 is 5.55. The van der Waals surface area contributed by atoms with Crippen LogP contribution >= 0.6 is 12.2 Å². The first-order chi connectivity index (χ1) is 13.2. The lowest BCUT2D eigenvalue weighted by Crippen LogP contribution is -2.20. The zero-order valence-corrected chi connectivity index (χ0v) is 15.6. The number of ether oxygens (including phenoxy) is 2. The van der Waals surface area contributed by atoms with Gasteiger partial charge in [0.25, 0.3) is 0 Å². The van der Waals surface area contributed by atoms with Crippen molar-refractivity contribution in [3.05, 3.63) is 53.3 Å². The van der Waals surface area contributed by atoms with E-state index >= 15 is 0 Å². The van der Waals surface area contributed by atoms with Gasteiger partial charge in [-0.15, -0.1) is 0 Å². The van der Waals surface area contributed by atoms with Crippen molar-refractivity contribution in [2.45, 2.75) is 26.3 Å². The van der Waals surface area contributed by atoms with Crippen LogP contribution in [0.2, 0.25) is 0 Å². The minimum atomic E-state index is -0.217. The number of aryl methyl sites for hydroxylation is 1. The summed E-state index contributed by atoms with van der Waals surface area (Å²) in [6.45, 7) is 2.30. The third-order valence-electron chi connectivity index (χ3n) is 4.13. The number of nitrogens with one attached hydrogen (secondary N) is 1. The zero-order valence-electron chi connectivity index (χ0n) is 14.8. The molecular weight excluding hydrogens is 366 g/mol. The van der Waals surface area contributed by atoms with Crippen LogP contribution in [0.5, 0.6) is 11.5 Å². The van der Waals surface area contributed by atoms with Gasteiger partial charge >= 0.3 is 0 Å². The highest BCUT2D eigenvalue weighted by atomic mass is 32.1. The van der Waals surface area contributed by atoms with Crippen molar-refractivity contribution in [2.75, 3.05) is 12.1 Å². The van der Waals surface area contributed by atoms with E-state index in [1.54, 1.807) is 22.9 Å². The summed E-state index contributed by atoms with van der Waals surface area (Å²) in [5, 5.41) is 7.39. The Kier molecular flexibility index (Phi) is 4.68. The van der Waals surface area contributed by atoms with E-state index in [0.29, 0.717) is 22.0 Å². The molecule has 0 fully saturated rings. The predicted octanol–water partition coefficient (Wildman–Crippen LogP) is 2.85. The molecule has 1 aliphatic heterocycles. The number of carbonyl (C=O) groups excluding carboxylic acids is 1. The Morgan fingerprint density at radius 2 is 2.04 bits per heavy atom. The van der Waals surface area contributed by atoms with Crippen molar-refractivity contribution in [2.24, 2.45) is 0 Å². The zero-order chi connectivity index (χ0) is 18.8. The maximum Gasteiger partial charge on any atom is 0.246 e. The second-order valence-electron chi connectivity index (χ2n) is 6.10. The molecule has 27 heavy (non-hydrogen) atoms. The third kappa shape index (κ3) is 3.45. The lowest BCUT2D eigenvalue weighted by Gasteiger charge is -2.07. The van der Waals surface area contributed by atoms with Gasteiger partial charge in [0.05, 0.1) is 0 Å². The summed E-state index contributed by atoms with van der Waals surface area (Å²) in [5.41, 5.74) is 0.634. The average Bonchev–Trinajstić information content (AvgIpc) is 3.36. The van der Waals surface area contributed by atoms with Gasteiger partial charge in [0.1, 0.15) is 6.54 Å². The van der Waals surface area contributed by atoms with E-state index in [-0.39, 0.29) is 19.2 Å². The molecule has 1 aliphatic rings. The first-order valence-electron chi connectivity index (χ1n) is 8.67. The van der Waals surface area contributed by atoms with Crippen LogP contribution in [-0.2, 0) is 17.8 Å². The number of benzene rings is 1. The van der Waals surface area contributed by atoms with E-state index in [1.165, 1.54) is 0 Å². The van der Waals surface area contributed by atoms with Crippen LogP contribution < -0.4 is 14.8 Å². The summed E-state index contributed by atoms with van der Waals surface area (Å²) in [5.74, 6) is 1.89. The molecule has 1 N–H and O–H groups in total. The molecule has 0 spiro atoms. The predicted molar refractivity (Wildman–Crippen MR) is 101 cm³/mol. The number of fused-ring (bicyclic) bond motifs is 1. The number of nitrogens with zero attached hydrogens (tertiary/aromatic N) is 4. The van der Waals surface area contributed by atoms with Gasteiger partial charge in [0.15, 0.2) is 17.3 Å². The monoisotopic (exact) mass is 385 g/mol. The quantitative estimate of drug-likeness (QED) is 0.661. The van der Waals surface area contributed by atoms with E-state index in [2.05, 4.69) is 17.3 Å². The molecule has 2 aromatic heterocycles. The van der Waals surface area contributed by atoms with Gasteiger partial charge in [-0.2, -0.15) is 5.10 Å². The summed E-state index contributed by atoms with van der Waals surface area (Å²) in [6, 6.07) is 9.11. The highest BCUT2D eigenvalue weighted by Gasteiger charge is 2.16. The number of amides is 1. The van der Waals surface area contributed by atoms with Crippen molar-refractivity contribution < 1.29 is 14.3 Å². The Bertz CT molecular complexity index is 1020. The largest absolute Gasteiger partial charge is 0.454 e. The molecule has 0 aliphatic carbocycles. The molecule has 3 aromatic rings. The van der Waals surface area contributed by atoms with E-state index in [1.807, 2.05) is 33.9 Å². The van der Waals surface area contributed by atoms with E-state index in [0.717, 1.165) is 18.7 Å². The van der Waals surface area contributed by atoms with Crippen molar-refractivity contribution in [1.82, 2.24) is 19.1 Å². The minimum Gasteiger partial charge on any atom is -0.454 e. The number of rotatable bonds is 6. The third-order valence-corrected chi connectivity index (χ3v) is 4.51. The molecule has 0 unspecified atom stereocenters. The molecule has 0 radical (unpaired) electrons. The maximum atomic E-state index is 12.5. The highest BCUT2D eigenvalue weighted by Crippen LogP contribution is 2.34. The van der Waals surface area contributed by atoms with Crippen LogP contribution in [0.1, 0.15) is 19.2 Å². The highest BCUT2D eigenvalue weighted by molar-refractivity contribution is 7.71. The van der Waals surface area contributed by atoms with E-state index in [4.69, 9.17) is 21.7 Å². The maximum absolute atomic E-state index is 12.5. The smallest absolute Gasteiger partial charge is 0.246 e. The Balaban J connectivity index is 1.54. The first kappa shape index (κ1) is 17.3. The van der Waals surface area contributed by atoms with Crippen LogP contribution in [0, 0.1) is 4.77 Å². The molecular formula is C18H19N5O3S. The van der Waals surface area contributed by atoms with Gasteiger partial charge in [-0.3, -0.25) is 9.47 Å². The van der Waals surface area contributed by atoms with Gasteiger partial charge in [-0.05, 0) is 42.9 Å². The summed E-state index contributed by atoms with van der Waals surface area (Å²) < 4.78 is 16.3. The molecule has 0 bridgehead atoms. The van der Waals surface area contributed by atoms with Gasteiger partial charge in [0.2, 0.25) is 17.5 Å². The lowest BCUT2D eigenvalue weighted by molar-refractivity contribution is -0.116. The SMILES string of the molecule is CCCc1nn(CC(=O)Nc2ccc3c(c2)OCO3)c(=S)n1-n1cccc1. The molecule has 0 saturated heterocycles. The van der Waals surface area contributed by atoms with E-state index < -0.39 is 0 Å². The van der Waals surface area contributed by atoms with Crippen molar-refractivity contribution in [1.29, 1.82) is 0 Å². The number of anilines is 1. The van der Waals surface area contributed by atoms with Crippen molar-refractivity contribution in [3.8, 4) is 11.5 Å². The second-order valence-corrected chi connectivity index (χ2v) is 6.46. The molecule has 3 heterocycles. The molecule has 1 aromatic carbocycles. The van der Waals surface area contributed by atoms with Crippen molar-refractivity contribution in [3.63, 3.8) is 0 Å². The second kappa shape index (κ2) is 7.28. The number of hydrogen-bond donors (Lipinski definition) is 1. The summed E-state index contributed by atoms with van der Waals surface area (Å²) in [7, 11) is 0. The fourth-order valence-electron chi connectivity index (χ4n) is 2.93. The van der Waals surface area contributed by atoms with E-state index in [9.17, 15) is 4.79 Å². The van der Waals surface area contributed by atoms with Gasteiger partial charge in [-0.1, -0.05) is 6.92 Å².